The molecule has 0 spiro atoms. The number of benzene rings is 2. The van der Waals surface area contributed by atoms with Crippen LogP contribution in [0.25, 0.3) is 0 Å². The maximum absolute atomic E-state index is 13.3. The summed E-state index contributed by atoms with van der Waals surface area (Å²) in [7, 11) is 3.00. The van der Waals surface area contributed by atoms with E-state index < -0.39 is 11.9 Å². The van der Waals surface area contributed by atoms with Gasteiger partial charge in [-0.1, -0.05) is 18.2 Å². The zero-order valence-corrected chi connectivity index (χ0v) is 11.5. The molecule has 4 heteroatoms. The van der Waals surface area contributed by atoms with Crippen molar-refractivity contribution >= 4 is 0 Å². The van der Waals surface area contributed by atoms with Crippen LogP contribution in [0.15, 0.2) is 42.5 Å². The molecular formula is C16H17FO3. The Morgan fingerprint density at radius 1 is 1.10 bits per heavy atom. The van der Waals surface area contributed by atoms with Gasteiger partial charge in [0, 0.05) is 6.42 Å². The van der Waals surface area contributed by atoms with E-state index in [1.165, 1.54) is 19.2 Å². The van der Waals surface area contributed by atoms with Gasteiger partial charge in [0.05, 0.1) is 20.3 Å². The van der Waals surface area contributed by atoms with Crippen molar-refractivity contribution in [3.05, 3.63) is 59.4 Å². The molecule has 3 nitrogen and oxygen atoms in total. The lowest BCUT2D eigenvalue weighted by Gasteiger charge is -2.13. The fraction of sp³-hybridized carbons (Fsp3) is 0.250. The van der Waals surface area contributed by atoms with Gasteiger partial charge in [0.1, 0.15) is 5.75 Å². The van der Waals surface area contributed by atoms with E-state index in [1.807, 2.05) is 24.3 Å². The number of aliphatic hydroxyl groups is 1. The van der Waals surface area contributed by atoms with Gasteiger partial charge in [0.15, 0.2) is 11.6 Å². The van der Waals surface area contributed by atoms with Crippen LogP contribution in [0.4, 0.5) is 4.39 Å². The second-order valence-electron chi connectivity index (χ2n) is 4.47. The van der Waals surface area contributed by atoms with Gasteiger partial charge in [-0.25, -0.2) is 4.39 Å². The van der Waals surface area contributed by atoms with Crippen molar-refractivity contribution in [2.24, 2.45) is 0 Å². The zero-order chi connectivity index (χ0) is 14.5. The number of rotatable bonds is 5. The van der Waals surface area contributed by atoms with Crippen molar-refractivity contribution in [1.82, 2.24) is 0 Å². The lowest BCUT2D eigenvalue weighted by atomic mass is 10.0. The molecule has 0 fully saturated rings. The lowest BCUT2D eigenvalue weighted by Crippen LogP contribution is -2.03. The van der Waals surface area contributed by atoms with Gasteiger partial charge in [0.2, 0.25) is 0 Å². The van der Waals surface area contributed by atoms with E-state index in [0.717, 1.165) is 11.3 Å². The SMILES string of the molecule is COc1cccc(CC(O)c2ccc(F)c(OC)c2)c1. The third kappa shape index (κ3) is 3.27. The van der Waals surface area contributed by atoms with Crippen molar-refractivity contribution in [2.75, 3.05) is 14.2 Å². The summed E-state index contributed by atoms with van der Waals surface area (Å²) in [6.07, 6.45) is -0.303. The molecule has 0 aliphatic heterocycles. The molecule has 0 aliphatic rings. The molecule has 0 aromatic heterocycles. The third-order valence-corrected chi connectivity index (χ3v) is 3.12. The molecular weight excluding hydrogens is 259 g/mol. The summed E-state index contributed by atoms with van der Waals surface area (Å²) in [6, 6.07) is 11.9. The summed E-state index contributed by atoms with van der Waals surface area (Å²) in [6.45, 7) is 0. The maximum atomic E-state index is 13.3. The number of hydrogen-bond acceptors (Lipinski definition) is 3. The van der Waals surface area contributed by atoms with Crippen LogP contribution in [0.5, 0.6) is 11.5 Å². The Labute approximate surface area is 117 Å². The highest BCUT2D eigenvalue weighted by Gasteiger charge is 2.12. The van der Waals surface area contributed by atoms with Gasteiger partial charge in [-0.2, -0.15) is 0 Å². The number of methoxy groups -OCH3 is 2. The van der Waals surface area contributed by atoms with Gasteiger partial charge in [-0.05, 0) is 35.4 Å². The molecule has 0 radical (unpaired) electrons. The first-order valence-corrected chi connectivity index (χ1v) is 6.28. The minimum absolute atomic E-state index is 0.132. The fourth-order valence-corrected chi connectivity index (χ4v) is 2.02. The third-order valence-electron chi connectivity index (χ3n) is 3.12. The highest BCUT2D eigenvalue weighted by molar-refractivity contribution is 5.34. The number of hydrogen-bond donors (Lipinski definition) is 1. The largest absolute Gasteiger partial charge is 0.497 e. The first-order valence-electron chi connectivity index (χ1n) is 6.28. The van der Waals surface area contributed by atoms with Crippen LogP contribution in [0, 0.1) is 5.82 Å². The predicted octanol–water partition coefficient (Wildman–Crippen LogP) is 3.12. The van der Waals surface area contributed by atoms with Crippen molar-refractivity contribution in [3.8, 4) is 11.5 Å². The van der Waals surface area contributed by atoms with Crippen molar-refractivity contribution in [2.45, 2.75) is 12.5 Å². The van der Waals surface area contributed by atoms with Crippen LogP contribution in [-0.2, 0) is 6.42 Å². The molecule has 106 valence electrons. The maximum Gasteiger partial charge on any atom is 0.165 e. The normalized spacial score (nSPS) is 12.0. The average molecular weight is 276 g/mol. The summed E-state index contributed by atoms with van der Waals surface area (Å²) < 4.78 is 23.4. The summed E-state index contributed by atoms with van der Waals surface area (Å²) in [4.78, 5) is 0. The van der Waals surface area contributed by atoms with Crippen molar-refractivity contribution in [3.63, 3.8) is 0 Å². The monoisotopic (exact) mass is 276 g/mol. The highest BCUT2D eigenvalue weighted by Crippen LogP contribution is 2.25. The molecule has 0 saturated heterocycles. The molecule has 20 heavy (non-hydrogen) atoms. The second kappa shape index (κ2) is 6.39. The van der Waals surface area contributed by atoms with Crippen LogP contribution < -0.4 is 9.47 Å². The topological polar surface area (TPSA) is 38.7 Å². The Bertz CT molecular complexity index is 584. The fourth-order valence-electron chi connectivity index (χ4n) is 2.02. The Morgan fingerprint density at radius 3 is 2.60 bits per heavy atom. The first kappa shape index (κ1) is 14.3. The Kier molecular flexibility index (Phi) is 4.58. The van der Waals surface area contributed by atoms with E-state index in [2.05, 4.69) is 0 Å². The smallest absolute Gasteiger partial charge is 0.165 e. The summed E-state index contributed by atoms with van der Waals surface area (Å²) in [5.74, 6) is 0.434. The number of aliphatic hydroxyl groups excluding tert-OH is 1. The molecule has 1 unspecified atom stereocenters. The summed E-state index contributed by atoms with van der Waals surface area (Å²) in [5.41, 5.74) is 1.56. The first-order chi connectivity index (χ1) is 9.63. The van der Waals surface area contributed by atoms with Gasteiger partial charge in [-0.15, -0.1) is 0 Å². The molecule has 0 saturated carbocycles. The molecule has 2 rings (SSSR count). The summed E-state index contributed by atoms with van der Waals surface area (Å²) >= 11 is 0. The molecule has 1 N–H and O–H groups in total. The van der Waals surface area contributed by atoms with E-state index in [-0.39, 0.29) is 5.75 Å². The van der Waals surface area contributed by atoms with Crippen LogP contribution in [-0.4, -0.2) is 19.3 Å². The highest BCUT2D eigenvalue weighted by atomic mass is 19.1. The van der Waals surface area contributed by atoms with Gasteiger partial charge in [-0.3, -0.25) is 0 Å². The standard InChI is InChI=1S/C16H17FO3/c1-19-13-5-3-4-11(8-13)9-15(18)12-6-7-14(17)16(10-12)20-2/h3-8,10,15,18H,9H2,1-2H3. The minimum atomic E-state index is -0.725. The van der Waals surface area contributed by atoms with Crippen LogP contribution in [0.2, 0.25) is 0 Å². The van der Waals surface area contributed by atoms with E-state index in [9.17, 15) is 9.50 Å². The van der Waals surface area contributed by atoms with Crippen LogP contribution in [0.1, 0.15) is 17.2 Å². The van der Waals surface area contributed by atoms with E-state index in [4.69, 9.17) is 9.47 Å². The molecule has 2 aromatic carbocycles. The molecule has 0 aliphatic carbocycles. The van der Waals surface area contributed by atoms with Crippen LogP contribution in [0.3, 0.4) is 0 Å². The van der Waals surface area contributed by atoms with Gasteiger partial charge < -0.3 is 14.6 Å². The molecule has 0 amide bonds. The Balaban J connectivity index is 2.16. The molecule has 1 atom stereocenters. The lowest BCUT2D eigenvalue weighted by molar-refractivity contribution is 0.177. The zero-order valence-electron chi connectivity index (χ0n) is 11.5. The van der Waals surface area contributed by atoms with Gasteiger partial charge >= 0.3 is 0 Å². The van der Waals surface area contributed by atoms with E-state index in [1.54, 1.807) is 13.2 Å². The summed E-state index contributed by atoms with van der Waals surface area (Å²) in [5, 5.41) is 10.2. The Hall–Kier alpha value is -2.07. The van der Waals surface area contributed by atoms with E-state index in [0.29, 0.717) is 12.0 Å². The molecule has 2 aromatic rings. The molecule has 0 heterocycles. The minimum Gasteiger partial charge on any atom is -0.497 e. The number of halogens is 1. The Morgan fingerprint density at radius 2 is 1.90 bits per heavy atom. The second-order valence-corrected chi connectivity index (χ2v) is 4.47. The van der Waals surface area contributed by atoms with Crippen molar-refractivity contribution < 1.29 is 19.0 Å². The van der Waals surface area contributed by atoms with E-state index >= 15 is 0 Å². The quantitative estimate of drug-likeness (QED) is 0.912. The van der Waals surface area contributed by atoms with Gasteiger partial charge in [0.25, 0.3) is 0 Å². The van der Waals surface area contributed by atoms with Crippen LogP contribution >= 0.6 is 0 Å². The average Bonchev–Trinajstić information content (AvgIpc) is 2.47. The predicted molar refractivity (Wildman–Crippen MR) is 74.6 cm³/mol. The number of ether oxygens (including phenoxy) is 2. The molecule has 0 bridgehead atoms. The van der Waals surface area contributed by atoms with Crippen molar-refractivity contribution in [1.29, 1.82) is 0 Å².